The molecule has 8 heteroatoms. The number of carbonyl (C=O) groups is 1. The van der Waals surface area contributed by atoms with E-state index in [0.29, 0.717) is 6.07 Å². The van der Waals surface area contributed by atoms with Crippen LogP contribution < -0.4 is 0 Å². The Labute approximate surface area is 90.3 Å². The number of hydrogen-bond donors (Lipinski definition) is 1. The molecule has 0 spiro atoms. The molecule has 1 aromatic rings. The second-order valence-corrected chi connectivity index (χ2v) is 4.12. The molecule has 0 saturated carbocycles. The second kappa shape index (κ2) is 4.00. The Balaban J connectivity index is 2.85. The van der Waals surface area contributed by atoms with Crippen LogP contribution in [0, 0.1) is 0 Å². The molecule has 0 bridgehead atoms. The zero-order valence-electron chi connectivity index (χ0n) is 7.52. The predicted octanol–water partition coefficient (Wildman–Crippen LogP) is 3.03. The summed E-state index contributed by atoms with van der Waals surface area (Å²) in [4.78, 5) is 8.72. The standard InChI is InChI=1S/C8H5F5O2S/c9-7(10,6(14)15)3-4-1-2-5(16-4)8(11,12)13/h1-2H,3H2,(H,14,15). The number of thiophene rings is 1. The quantitative estimate of drug-likeness (QED) is 0.848. The maximum atomic E-state index is 12.7. The van der Waals surface area contributed by atoms with Crippen molar-refractivity contribution < 1.29 is 31.9 Å². The molecule has 0 aliphatic rings. The minimum absolute atomic E-state index is 0.116. The van der Waals surface area contributed by atoms with Crippen LogP contribution in [0.15, 0.2) is 12.1 Å². The molecule has 0 fully saturated rings. The zero-order chi connectivity index (χ0) is 12.6. The first-order valence-corrected chi connectivity index (χ1v) is 4.72. The molecule has 1 aromatic heterocycles. The number of halogens is 5. The summed E-state index contributed by atoms with van der Waals surface area (Å²) in [5.41, 5.74) is 0. The summed E-state index contributed by atoms with van der Waals surface area (Å²) in [5.74, 6) is -6.40. The van der Waals surface area contributed by atoms with E-state index in [-0.39, 0.29) is 16.2 Å². The van der Waals surface area contributed by atoms with E-state index in [4.69, 9.17) is 5.11 Å². The van der Waals surface area contributed by atoms with E-state index in [1.807, 2.05) is 0 Å². The van der Waals surface area contributed by atoms with Crippen LogP contribution in [0.2, 0.25) is 0 Å². The first kappa shape index (κ1) is 12.9. The van der Waals surface area contributed by atoms with Crippen LogP contribution in [-0.2, 0) is 17.4 Å². The lowest BCUT2D eigenvalue weighted by Gasteiger charge is -2.08. The Kier molecular flexibility index (Phi) is 3.22. The van der Waals surface area contributed by atoms with Gasteiger partial charge in [0.25, 0.3) is 0 Å². The minimum Gasteiger partial charge on any atom is -0.477 e. The topological polar surface area (TPSA) is 37.3 Å². The van der Waals surface area contributed by atoms with E-state index in [2.05, 4.69) is 0 Å². The van der Waals surface area contributed by atoms with Crippen molar-refractivity contribution in [3.05, 3.63) is 21.9 Å². The van der Waals surface area contributed by atoms with Crippen molar-refractivity contribution in [3.63, 3.8) is 0 Å². The van der Waals surface area contributed by atoms with E-state index in [0.717, 1.165) is 6.07 Å². The van der Waals surface area contributed by atoms with Gasteiger partial charge in [-0.1, -0.05) is 0 Å². The van der Waals surface area contributed by atoms with E-state index in [1.165, 1.54) is 0 Å². The van der Waals surface area contributed by atoms with Crippen molar-refractivity contribution in [1.82, 2.24) is 0 Å². The van der Waals surface area contributed by atoms with Gasteiger partial charge in [-0.2, -0.15) is 22.0 Å². The van der Waals surface area contributed by atoms with E-state index in [1.54, 1.807) is 0 Å². The average Bonchev–Trinajstić information content (AvgIpc) is 2.50. The van der Waals surface area contributed by atoms with Gasteiger partial charge in [0.1, 0.15) is 4.88 Å². The SMILES string of the molecule is O=C(O)C(F)(F)Cc1ccc(C(F)(F)F)s1. The molecule has 90 valence electrons. The molecule has 1 heterocycles. The third kappa shape index (κ3) is 2.91. The highest BCUT2D eigenvalue weighted by molar-refractivity contribution is 7.12. The van der Waals surface area contributed by atoms with Crippen molar-refractivity contribution >= 4 is 17.3 Å². The lowest BCUT2D eigenvalue weighted by Crippen LogP contribution is -2.30. The minimum atomic E-state index is -4.60. The molecule has 0 radical (unpaired) electrons. The fourth-order valence-electron chi connectivity index (χ4n) is 0.920. The van der Waals surface area contributed by atoms with Crippen molar-refractivity contribution in [2.24, 2.45) is 0 Å². The molecule has 0 atom stereocenters. The third-order valence-corrected chi connectivity index (χ3v) is 2.78. The predicted molar refractivity (Wildman–Crippen MR) is 45.6 cm³/mol. The number of aliphatic carboxylic acids is 1. The third-order valence-electron chi connectivity index (χ3n) is 1.65. The molecule has 0 unspecified atom stereocenters. The van der Waals surface area contributed by atoms with Crippen LogP contribution in [0.5, 0.6) is 0 Å². The molecule has 0 aliphatic carbocycles. The number of carboxylic acids is 1. The number of alkyl halides is 5. The van der Waals surface area contributed by atoms with Crippen LogP contribution in [0.25, 0.3) is 0 Å². The normalized spacial score (nSPS) is 12.8. The van der Waals surface area contributed by atoms with Gasteiger partial charge in [-0.25, -0.2) is 4.79 Å². The summed E-state index contributed by atoms with van der Waals surface area (Å²) in [6.07, 6.45) is -5.83. The van der Waals surface area contributed by atoms with Crippen molar-refractivity contribution in [2.45, 2.75) is 18.5 Å². The summed E-state index contributed by atoms with van der Waals surface area (Å²) < 4.78 is 61.6. The van der Waals surface area contributed by atoms with Crippen LogP contribution in [0.3, 0.4) is 0 Å². The first-order valence-electron chi connectivity index (χ1n) is 3.90. The molecule has 2 nitrogen and oxygen atoms in total. The van der Waals surface area contributed by atoms with Crippen molar-refractivity contribution in [1.29, 1.82) is 0 Å². The molecule has 1 N–H and O–H groups in total. The number of rotatable bonds is 3. The lowest BCUT2D eigenvalue weighted by molar-refractivity contribution is -0.164. The Bertz CT molecular complexity index is 395. The average molecular weight is 260 g/mol. The highest BCUT2D eigenvalue weighted by atomic mass is 32.1. The number of hydrogen-bond acceptors (Lipinski definition) is 2. The van der Waals surface area contributed by atoms with Gasteiger partial charge in [0, 0.05) is 4.88 Å². The number of carboxylic acid groups (broad SMARTS) is 1. The largest absolute Gasteiger partial charge is 0.477 e. The Morgan fingerprint density at radius 3 is 2.19 bits per heavy atom. The molecule has 1 rings (SSSR count). The molecular formula is C8H5F5O2S. The van der Waals surface area contributed by atoms with Gasteiger partial charge in [0.2, 0.25) is 0 Å². The highest BCUT2D eigenvalue weighted by Gasteiger charge is 2.40. The Hall–Kier alpha value is -1.18. The van der Waals surface area contributed by atoms with Gasteiger partial charge >= 0.3 is 18.1 Å². The lowest BCUT2D eigenvalue weighted by atomic mass is 10.2. The Morgan fingerprint density at radius 2 is 1.81 bits per heavy atom. The molecule has 0 saturated heterocycles. The second-order valence-electron chi connectivity index (χ2n) is 2.95. The summed E-state index contributed by atoms with van der Waals surface area (Å²) in [6.45, 7) is 0. The Morgan fingerprint density at radius 1 is 1.25 bits per heavy atom. The molecule has 0 amide bonds. The van der Waals surface area contributed by atoms with E-state index >= 15 is 0 Å². The van der Waals surface area contributed by atoms with Crippen molar-refractivity contribution in [3.8, 4) is 0 Å². The van der Waals surface area contributed by atoms with Gasteiger partial charge in [-0.3, -0.25) is 0 Å². The molecular weight excluding hydrogens is 255 g/mol. The van der Waals surface area contributed by atoms with Gasteiger partial charge in [-0.15, -0.1) is 11.3 Å². The smallest absolute Gasteiger partial charge is 0.425 e. The summed E-state index contributed by atoms with van der Waals surface area (Å²) in [5, 5.41) is 8.10. The van der Waals surface area contributed by atoms with Crippen molar-refractivity contribution in [2.75, 3.05) is 0 Å². The zero-order valence-corrected chi connectivity index (χ0v) is 8.33. The van der Waals surface area contributed by atoms with Crippen LogP contribution in [-0.4, -0.2) is 17.0 Å². The van der Waals surface area contributed by atoms with E-state index in [9.17, 15) is 26.7 Å². The van der Waals surface area contributed by atoms with Crippen LogP contribution in [0.4, 0.5) is 22.0 Å². The molecule has 0 aliphatic heterocycles. The van der Waals surface area contributed by atoms with E-state index < -0.39 is 29.4 Å². The van der Waals surface area contributed by atoms with Gasteiger partial charge in [0.05, 0.1) is 6.42 Å². The van der Waals surface area contributed by atoms with Gasteiger partial charge < -0.3 is 5.11 Å². The molecule has 0 aromatic carbocycles. The van der Waals surface area contributed by atoms with Crippen LogP contribution in [0.1, 0.15) is 9.75 Å². The fourth-order valence-corrected chi connectivity index (χ4v) is 1.84. The summed E-state index contributed by atoms with van der Waals surface area (Å²) in [6, 6.07) is 1.50. The first-order chi connectivity index (χ1) is 7.13. The molecule has 16 heavy (non-hydrogen) atoms. The fraction of sp³-hybridized carbons (Fsp3) is 0.375. The van der Waals surface area contributed by atoms with Crippen LogP contribution >= 0.6 is 11.3 Å². The summed E-state index contributed by atoms with van der Waals surface area (Å²) >= 11 is 0.116. The summed E-state index contributed by atoms with van der Waals surface area (Å²) in [7, 11) is 0. The maximum absolute atomic E-state index is 12.7. The van der Waals surface area contributed by atoms with Gasteiger partial charge in [0.15, 0.2) is 0 Å². The highest BCUT2D eigenvalue weighted by Crippen LogP contribution is 2.36. The van der Waals surface area contributed by atoms with Gasteiger partial charge in [-0.05, 0) is 12.1 Å². The maximum Gasteiger partial charge on any atom is 0.425 e. The monoisotopic (exact) mass is 260 g/mol.